The molecule has 6 nitrogen and oxygen atoms in total. The highest BCUT2D eigenvalue weighted by molar-refractivity contribution is 5.51. The van der Waals surface area contributed by atoms with Crippen molar-refractivity contribution in [1.82, 2.24) is 9.78 Å². The smallest absolute Gasteiger partial charge is 0.261 e. The van der Waals surface area contributed by atoms with Crippen molar-refractivity contribution in [3.63, 3.8) is 0 Å². The molecule has 0 unspecified atom stereocenters. The van der Waals surface area contributed by atoms with E-state index in [-0.39, 0.29) is 6.61 Å². The van der Waals surface area contributed by atoms with Crippen molar-refractivity contribution >= 4 is 5.69 Å². The Morgan fingerprint density at radius 3 is 2.72 bits per heavy atom. The second kappa shape index (κ2) is 4.97. The number of nitrogens with two attached hydrogens (primary N) is 1. The van der Waals surface area contributed by atoms with Crippen molar-refractivity contribution in [2.24, 2.45) is 7.05 Å². The molecule has 0 fully saturated rings. The van der Waals surface area contributed by atoms with E-state index in [4.69, 9.17) is 20.3 Å². The molecule has 1 aromatic heterocycles. The summed E-state index contributed by atoms with van der Waals surface area (Å²) in [5.41, 5.74) is 6.94. The van der Waals surface area contributed by atoms with Crippen LogP contribution in [0.2, 0.25) is 0 Å². The van der Waals surface area contributed by atoms with E-state index in [0.717, 1.165) is 5.56 Å². The first-order valence-electron chi connectivity index (χ1n) is 5.38. The number of aryl methyl sites for hydroxylation is 1. The van der Waals surface area contributed by atoms with E-state index in [1.807, 2.05) is 0 Å². The molecular weight excluding hydrogens is 234 g/mol. The predicted octanol–water partition coefficient (Wildman–Crippen LogP) is 1.30. The maximum absolute atomic E-state index is 9.05. The molecule has 96 valence electrons. The Balaban J connectivity index is 2.31. The largest absolute Gasteiger partial charge is 0.493 e. The fraction of sp³-hybridized carbons (Fsp3) is 0.250. The van der Waals surface area contributed by atoms with Gasteiger partial charge in [-0.3, -0.25) is 4.68 Å². The minimum absolute atomic E-state index is 0.0532. The Bertz CT molecular complexity index is 551. The average molecular weight is 249 g/mol. The Hall–Kier alpha value is -2.21. The lowest BCUT2D eigenvalue weighted by Gasteiger charge is -2.09. The van der Waals surface area contributed by atoms with Gasteiger partial charge in [0.25, 0.3) is 5.88 Å². The summed E-state index contributed by atoms with van der Waals surface area (Å²) in [6.45, 7) is -0.0532. The van der Waals surface area contributed by atoms with Crippen LogP contribution in [0.15, 0.2) is 24.4 Å². The number of aliphatic hydroxyl groups is 1. The third kappa shape index (κ3) is 2.38. The van der Waals surface area contributed by atoms with E-state index < -0.39 is 0 Å². The van der Waals surface area contributed by atoms with Gasteiger partial charge in [0.1, 0.15) is 5.69 Å². The zero-order valence-electron chi connectivity index (χ0n) is 10.3. The fourth-order valence-corrected chi connectivity index (χ4v) is 1.56. The van der Waals surface area contributed by atoms with Crippen molar-refractivity contribution in [1.29, 1.82) is 0 Å². The summed E-state index contributed by atoms with van der Waals surface area (Å²) in [7, 11) is 3.29. The van der Waals surface area contributed by atoms with Gasteiger partial charge in [0.15, 0.2) is 11.5 Å². The topological polar surface area (TPSA) is 82.5 Å². The third-order valence-electron chi connectivity index (χ3n) is 2.44. The Morgan fingerprint density at radius 2 is 2.17 bits per heavy atom. The van der Waals surface area contributed by atoms with E-state index >= 15 is 0 Å². The van der Waals surface area contributed by atoms with Crippen molar-refractivity contribution in [3.8, 4) is 17.4 Å². The molecule has 1 heterocycles. The Labute approximate surface area is 105 Å². The van der Waals surface area contributed by atoms with Gasteiger partial charge in [-0.1, -0.05) is 6.07 Å². The van der Waals surface area contributed by atoms with Gasteiger partial charge in [0.2, 0.25) is 0 Å². The Morgan fingerprint density at radius 1 is 1.39 bits per heavy atom. The number of nitrogens with zero attached hydrogens (tertiary/aromatic N) is 2. The SMILES string of the molecule is COc1cc(CO)ccc1Oc1nn(C)cc1N. The number of nitrogen functional groups attached to an aromatic ring is 1. The van der Waals surface area contributed by atoms with Gasteiger partial charge in [-0.05, 0) is 17.7 Å². The zero-order chi connectivity index (χ0) is 13.1. The first-order chi connectivity index (χ1) is 8.63. The van der Waals surface area contributed by atoms with Gasteiger partial charge < -0.3 is 20.3 Å². The number of aromatic nitrogens is 2. The fourth-order valence-electron chi connectivity index (χ4n) is 1.56. The number of methoxy groups -OCH3 is 1. The highest BCUT2D eigenvalue weighted by Crippen LogP contribution is 2.33. The highest BCUT2D eigenvalue weighted by Gasteiger charge is 2.11. The van der Waals surface area contributed by atoms with Crippen molar-refractivity contribution in [2.45, 2.75) is 6.61 Å². The van der Waals surface area contributed by atoms with E-state index in [0.29, 0.717) is 23.1 Å². The summed E-state index contributed by atoms with van der Waals surface area (Å²) in [6.07, 6.45) is 1.66. The van der Waals surface area contributed by atoms with Crippen LogP contribution in [0.5, 0.6) is 17.4 Å². The summed E-state index contributed by atoms with van der Waals surface area (Å²) >= 11 is 0. The number of benzene rings is 1. The lowest BCUT2D eigenvalue weighted by Crippen LogP contribution is -1.95. The van der Waals surface area contributed by atoms with Gasteiger partial charge in [-0.25, -0.2) is 0 Å². The quantitative estimate of drug-likeness (QED) is 0.853. The lowest BCUT2D eigenvalue weighted by atomic mass is 10.2. The van der Waals surface area contributed by atoms with Gasteiger partial charge in [0, 0.05) is 7.05 Å². The van der Waals surface area contributed by atoms with Crippen LogP contribution in [-0.2, 0) is 13.7 Å². The van der Waals surface area contributed by atoms with Crippen LogP contribution in [0, 0.1) is 0 Å². The molecule has 0 amide bonds. The summed E-state index contributed by atoms with van der Waals surface area (Å²) in [6, 6.07) is 5.16. The van der Waals surface area contributed by atoms with E-state index in [2.05, 4.69) is 5.10 Å². The maximum atomic E-state index is 9.05. The van der Waals surface area contributed by atoms with Gasteiger partial charge in [-0.2, -0.15) is 0 Å². The summed E-state index contributed by atoms with van der Waals surface area (Å²) in [4.78, 5) is 0. The third-order valence-corrected chi connectivity index (χ3v) is 2.44. The molecule has 0 aliphatic rings. The molecule has 3 N–H and O–H groups in total. The highest BCUT2D eigenvalue weighted by atomic mass is 16.5. The van der Waals surface area contributed by atoms with Crippen LogP contribution in [-0.4, -0.2) is 22.0 Å². The molecular formula is C12H15N3O3. The van der Waals surface area contributed by atoms with E-state index in [9.17, 15) is 0 Å². The summed E-state index contributed by atoms with van der Waals surface area (Å²) < 4.78 is 12.4. The number of hydrogen-bond acceptors (Lipinski definition) is 5. The maximum Gasteiger partial charge on any atom is 0.261 e. The van der Waals surface area contributed by atoms with Gasteiger partial charge in [0.05, 0.1) is 19.9 Å². The normalized spacial score (nSPS) is 10.4. The molecule has 0 atom stereocenters. The standard InChI is InChI=1S/C12H15N3O3/c1-15-6-9(13)12(14-15)18-10-4-3-8(7-16)5-11(10)17-2/h3-6,16H,7,13H2,1-2H3. The molecule has 0 saturated carbocycles. The van der Waals surface area contributed by atoms with Crippen LogP contribution in [0.3, 0.4) is 0 Å². The second-order valence-corrected chi connectivity index (χ2v) is 3.81. The second-order valence-electron chi connectivity index (χ2n) is 3.81. The molecule has 0 bridgehead atoms. The van der Waals surface area contributed by atoms with Gasteiger partial charge >= 0.3 is 0 Å². The van der Waals surface area contributed by atoms with Crippen LogP contribution in [0.25, 0.3) is 0 Å². The monoisotopic (exact) mass is 249 g/mol. The Kier molecular flexibility index (Phi) is 3.38. The zero-order valence-corrected chi connectivity index (χ0v) is 10.3. The van der Waals surface area contributed by atoms with Crippen LogP contribution >= 0.6 is 0 Å². The van der Waals surface area contributed by atoms with E-state index in [1.165, 1.54) is 7.11 Å². The van der Waals surface area contributed by atoms with Crippen molar-refractivity contribution in [3.05, 3.63) is 30.0 Å². The van der Waals surface area contributed by atoms with Crippen molar-refractivity contribution < 1.29 is 14.6 Å². The molecule has 18 heavy (non-hydrogen) atoms. The molecule has 0 radical (unpaired) electrons. The number of hydrogen-bond donors (Lipinski definition) is 2. The van der Waals surface area contributed by atoms with Gasteiger partial charge in [-0.15, -0.1) is 5.10 Å². The lowest BCUT2D eigenvalue weighted by molar-refractivity contribution is 0.280. The summed E-state index contributed by atoms with van der Waals surface area (Å²) in [5.74, 6) is 1.35. The first kappa shape index (κ1) is 12.3. The minimum atomic E-state index is -0.0532. The minimum Gasteiger partial charge on any atom is -0.493 e. The van der Waals surface area contributed by atoms with Crippen LogP contribution in [0.4, 0.5) is 5.69 Å². The number of anilines is 1. The van der Waals surface area contributed by atoms with Crippen molar-refractivity contribution in [2.75, 3.05) is 12.8 Å². The molecule has 0 aliphatic carbocycles. The molecule has 6 heteroatoms. The average Bonchev–Trinajstić information content (AvgIpc) is 2.68. The molecule has 0 aliphatic heterocycles. The molecule has 2 rings (SSSR count). The number of ether oxygens (including phenoxy) is 2. The number of aliphatic hydroxyl groups excluding tert-OH is 1. The molecule has 2 aromatic rings. The predicted molar refractivity (Wildman–Crippen MR) is 66.6 cm³/mol. The molecule has 0 saturated heterocycles. The first-order valence-corrected chi connectivity index (χ1v) is 5.38. The molecule has 1 aromatic carbocycles. The van der Waals surface area contributed by atoms with Crippen LogP contribution < -0.4 is 15.2 Å². The molecule has 0 spiro atoms. The summed E-state index contributed by atoms with van der Waals surface area (Å²) in [5, 5.41) is 13.1. The van der Waals surface area contributed by atoms with Crippen LogP contribution in [0.1, 0.15) is 5.56 Å². The van der Waals surface area contributed by atoms with E-state index in [1.54, 1.807) is 36.1 Å². The number of rotatable bonds is 4.